The lowest BCUT2D eigenvalue weighted by molar-refractivity contribution is -0.152. The molecule has 1 aliphatic rings. The van der Waals surface area contributed by atoms with E-state index in [-0.39, 0.29) is 5.97 Å². The SMILES string of the molecule is CCOC(=O)C1(c2ccccc2)CCN(C=CCc2ccccc2)CC1. The molecule has 1 fully saturated rings. The van der Waals surface area contributed by atoms with Crippen molar-refractivity contribution in [3.63, 3.8) is 0 Å². The average Bonchev–Trinajstić information content (AvgIpc) is 2.70. The summed E-state index contributed by atoms with van der Waals surface area (Å²) in [7, 11) is 0. The predicted molar refractivity (Wildman–Crippen MR) is 105 cm³/mol. The fourth-order valence-electron chi connectivity index (χ4n) is 3.64. The molecule has 0 aromatic heterocycles. The average molecular weight is 349 g/mol. The Bertz CT molecular complexity index is 716. The molecule has 0 aliphatic carbocycles. The van der Waals surface area contributed by atoms with Gasteiger partial charge in [-0.25, -0.2) is 0 Å². The van der Waals surface area contributed by atoms with Crippen molar-refractivity contribution in [2.75, 3.05) is 19.7 Å². The zero-order valence-electron chi connectivity index (χ0n) is 15.4. The van der Waals surface area contributed by atoms with Crippen LogP contribution < -0.4 is 0 Å². The molecule has 136 valence electrons. The van der Waals surface area contributed by atoms with E-state index in [0.717, 1.165) is 37.9 Å². The van der Waals surface area contributed by atoms with Gasteiger partial charge in [-0.1, -0.05) is 66.7 Å². The van der Waals surface area contributed by atoms with Crippen LogP contribution in [-0.4, -0.2) is 30.6 Å². The number of rotatable bonds is 6. The number of benzene rings is 2. The molecular formula is C23H27NO2. The van der Waals surface area contributed by atoms with Gasteiger partial charge in [0.25, 0.3) is 0 Å². The first-order valence-corrected chi connectivity index (χ1v) is 9.42. The number of piperidine rings is 1. The molecule has 3 rings (SSSR count). The minimum absolute atomic E-state index is 0.0842. The quantitative estimate of drug-likeness (QED) is 0.727. The summed E-state index contributed by atoms with van der Waals surface area (Å²) < 4.78 is 5.44. The van der Waals surface area contributed by atoms with Gasteiger partial charge >= 0.3 is 5.97 Å². The summed E-state index contributed by atoms with van der Waals surface area (Å²) in [5, 5.41) is 0. The Labute approximate surface area is 156 Å². The van der Waals surface area contributed by atoms with Crippen molar-refractivity contribution in [3.8, 4) is 0 Å². The van der Waals surface area contributed by atoms with Crippen LogP contribution in [-0.2, 0) is 21.4 Å². The van der Waals surface area contributed by atoms with E-state index in [2.05, 4.69) is 53.6 Å². The van der Waals surface area contributed by atoms with Gasteiger partial charge in [0.05, 0.1) is 12.0 Å². The van der Waals surface area contributed by atoms with Crippen molar-refractivity contribution in [2.24, 2.45) is 0 Å². The molecule has 0 amide bonds. The predicted octanol–water partition coefficient (Wildman–Crippen LogP) is 4.34. The van der Waals surface area contributed by atoms with E-state index in [4.69, 9.17) is 4.74 Å². The Morgan fingerprint density at radius 2 is 1.65 bits per heavy atom. The molecule has 0 N–H and O–H groups in total. The number of esters is 1. The lowest BCUT2D eigenvalue weighted by Crippen LogP contribution is -2.46. The first-order chi connectivity index (χ1) is 12.7. The Morgan fingerprint density at radius 3 is 2.27 bits per heavy atom. The second-order valence-electron chi connectivity index (χ2n) is 6.78. The third-order valence-electron chi connectivity index (χ3n) is 5.16. The summed E-state index contributed by atoms with van der Waals surface area (Å²) in [5.74, 6) is -0.0842. The van der Waals surface area contributed by atoms with E-state index < -0.39 is 5.41 Å². The first-order valence-electron chi connectivity index (χ1n) is 9.42. The number of carbonyl (C=O) groups is 1. The van der Waals surface area contributed by atoms with Crippen molar-refractivity contribution in [1.29, 1.82) is 0 Å². The highest BCUT2D eigenvalue weighted by atomic mass is 16.5. The molecule has 0 bridgehead atoms. The summed E-state index contributed by atoms with van der Waals surface area (Å²) in [6.45, 7) is 4.02. The number of carbonyl (C=O) groups excluding carboxylic acids is 1. The Morgan fingerprint density at radius 1 is 1.04 bits per heavy atom. The highest BCUT2D eigenvalue weighted by Gasteiger charge is 2.43. The van der Waals surface area contributed by atoms with Crippen LogP contribution in [0.5, 0.6) is 0 Å². The van der Waals surface area contributed by atoms with E-state index in [1.165, 1.54) is 5.56 Å². The van der Waals surface area contributed by atoms with Crippen LogP contribution in [0.2, 0.25) is 0 Å². The van der Waals surface area contributed by atoms with Gasteiger partial charge in [-0.2, -0.15) is 0 Å². The molecule has 1 heterocycles. The van der Waals surface area contributed by atoms with Crippen molar-refractivity contribution in [1.82, 2.24) is 4.90 Å². The van der Waals surface area contributed by atoms with Crippen molar-refractivity contribution in [3.05, 3.63) is 84.1 Å². The highest BCUT2D eigenvalue weighted by molar-refractivity contribution is 5.83. The molecule has 1 saturated heterocycles. The van der Waals surface area contributed by atoms with Gasteiger partial charge in [-0.05, 0) is 43.5 Å². The maximum Gasteiger partial charge on any atom is 0.316 e. The maximum atomic E-state index is 12.8. The second kappa shape index (κ2) is 8.70. The third kappa shape index (κ3) is 4.16. The number of hydrogen-bond acceptors (Lipinski definition) is 3. The summed E-state index contributed by atoms with van der Waals surface area (Å²) in [6.07, 6.45) is 6.87. The number of hydrogen-bond donors (Lipinski definition) is 0. The summed E-state index contributed by atoms with van der Waals surface area (Å²) >= 11 is 0. The normalized spacial score (nSPS) is 16.6. The van der Waals surface area contributed by atoms with Gasteiger partial charge in [0, 0.05) is 13.1 Å². The molecule has 2 aromatic carbocycles. The maximum absolute atomic E-state index is 12.8. The van der Waals surface area contributed by atoms with E-state index in [1.54, 1.807) is 0 Å². The monoisotopic (exact) mass is 349 g/mol. The summed E-state index contributed by atoms with van der Waals surface area (Å²) in [5.41, 5.74) is 1.87. The Kier molecular flexibility index (Phi) is 6.11. The third-order valence-corrected chi connectivity index (χ3v) is 5.16. The topological polar surface area (TPSA) is 29.5 Å². The lowest BCUT2D eigenvalue weighted by atomic mass is 9.73. The van der Waals surface area contributed by atoms with Crippen LogP contribution in [0.15, 0.2) is 72.9 Å². The van der Waals surface area contributed by atoms with E-state index in [9.17, 15) is 4.79 Å². The van der Waals surface area contributed by atoms with Gasteiger partial charge in [-0.15, -0.1) is 0 Å². The Hall–Kier alpha value is -2.55. The van der Waals surface area contributed by atoms with E-state index in [0.29, 0.717) is 6.61 Å². The second-order valence-corrected chi connectivity index (χ2v) is 6.78. The molecule has 2 aromatic rings. The number of allylic oxidation sites excluding steroid dienone is 1. The van der Waals surface area contributed by atoms with E-state index >= 15 is 0 Å². The molecular weight excluding hydrogens is 322 g/mol. The summed E-state index contributed by atoms with van der Waals surface area (Å²) in [6, 6.07) is 20.6. The van der Waals surface area contributed by atoms with Crippen LogP contribution >= 0.6 is 0 Å². The molecule has 3 nitrogen and oxygen atoms in total. The first kappa shape index (κ1) is 18.2. The smallest absolute Gasteiger partial charge is 0.316 e. The number of nitrogens with zero attached hydrogens (tertiary/aromatic N) is 1. The molecule has 3 heteroatoms. The minimum atomic E-state index is -0.513. The summed E-state index contributed by atoms with van der Waals surface area (Å²) in [4.78, 5) is 15.1. The molecule has 26 heavy (non-hydrogen) atoms. The van der Waals surface area contributed by atoms with Gasteiger partial charge < -0.3 is 9.64 Å². The lowest BCUT2D eigenvalue weighted by Gasteiger charge is -2.40. The van der Waals surface area contributed by atoms with Gasteiger partial charge in [0.1, 0.15) is 0 Å². The van der Waals surface area contributed by atoms with Gasteiger partial charge in [-0.3, -0.25) is 4.79 Å². The molecule has 1 aliphatic heterocycles. The molecule has 0 spiro atoms. The van der Waals surface area contributed by atoms with Gasteiger partial charge in [0.2, 0.25) is 0 Å². The van der Waals surface area contributed by atoms with Gasteiger partial charge in [0.15, 0.2) is 0 Å². The van der Waals surface area contributed by atoms with Crippen LogP contribution in [0.4, 0.5) is 0 Å². The fraction of sp³-hybridized carbons (Fsp3) is 0.348. The minimum Gasteiger partial charge on any atom is -0.465 e. The number of ether oxygens (including phenoxy) is 1. The standard InChI is InChI=1S/C23H27NO2/c1-2-26-22(25)23(21-13-7-4-8-14-21)15-18-24(19-16-23)17-9-12-20-10-5-3-6-11-20/h3-11,13-14,17H,2,12,15-16,18-19H2,1H3. The molecule has 0 unspecified atom stereocenters. The van der Waals surface area contributed by atoms with Crippen molar-refractivity contribution in [2.45, 2.75) is 31.6 Å². The van der Waals surface area contributed by atoms with Crippen LogP contribution in [0.3, 0.4) is 0 Å². The zero-order valence-corrected chi connectivity index (χ0v) is 15.4. The Balaban J connectivity index is 1.66. The van der Waals surface area contributed by atoms with E-state index in [1.807, 2.05) is 31.2 Å². The zero-order chi connectivity index (χ0) is 18.2. The van der Waals surface area contributed by atoms with Crippen LogP contribution in [0.25, 0.3) is 0 Å². The van der Waals surface area contributed by atoms with Crippen molar-refractivity contribution >= 4 is 5.97 Å². The van der Waals surface area contributed by atoms with Crippen molar-refractivity contribution < 1.29 is 9.53 Å². The number of likely N-dealkylation sites (tertiary alicyclic amines) is 1. The largest absolute Gasteiger partial charge is 0.465 e. The molecule has 0 radical (unpaired) electrons. The molecule has 0 atom stereocenters. The molecule has 0 saturated carbocycles. The van der Waals surface area contributed by atoms with Crippen LogP contribution in [0, 0.1) is 0 Å². The highest BCUT2D eigenvalue weighted by Crippen LogP contribution is 2.37. The van der Waals surface area contributed by atoms with Crippen LogP contribution in [0.1, 0.15) is 30.9 Å². The fourth-order valence-corrected chi connectivity index (χ4v) is 3.64.